The minimum Gasteiger partial charge on any atom is -0.314 e. The number of para-hydroxylation sites is 1. The number of rotatable bonds is 5. The van der Waals surface area contributed by atoms with Crippen molar-refractivity contribution in [1.29, 1.82) is 0 Å². The Bertz CT molecular complexity index is 863. The van der Waals surface area contributed by atoms with Gasteiger partial charge in [0.1, 0.15) is 6.04 Å². The van der Waals surface area contributed by atoms with Gasteiger partial charge in [0.2, 0.25) is 15.9 Å². The fourth-order valence-electron chi connectivity index (χ4n) is 2.72. The number of hydrogen-bond acceptors (Lipinski definition) is 3. The molecule has 134 valence electrons. The van der Waals surface area contributed by atoms with Crippen molar-refractivity contribution in [3.63, 3.8) is 0 Å². The van der Waals surface area contributed by atoms with Gasteiger partial charge in [-0.05, 0) is 56.2 Å². The zero-order chi connectivity index (χ0) is 18.8. The third kappa shape index (κ3) is 4.20. The number of anilines is 2. The number of amides is 1. The minimum atomic E-state index is -3.62. The van der Waals surface area contributed by atoms with Crippen LogP contribution in [0, 0.1) is 13.8 Å². The van der Waals surface area contributed by atoms with E-state index in [0.717, 1.165) is 17.4 Å². The Kier molecular flexibility index (Phi) is 5.52. The van der Waals surface area contributed by atoms with E-state index >= 15 is 0 Å². The average Bonchev–Trinajstić information content (AvgIpc) is 2.56. The largest absolute Gasteiger partial charge is 0.314 e. The van der Waals surface area contributed by atoms with Crippen molar-refractivity contribution < 1.29 is 13.2 Å². The highest BCUT2D eigenvalue weighted by Crippen LogP contribution is 2.25. The second kappa shape index (κ2) is 7.27. The number of likely N-dealkylation sites (N-methyl/N-ethyl adjacent to an activating group) is 1. The SMILES string of the molecule is Cc1ccc(N(C(C)C(=O)N(C)c2ccccc2)S(C)(=O)=O)cc1C. The van der Waals surface area contributed by atoms with Crippen LogP contribution in [0.5, 0.6) is 0 Å². The number of sulfonamides is 1. The number of hydrogen-bond donors (Lipinski definition) is 0. The number of nitrogens with zero attached hydrogens (tertiary/aromatic N) is 2. The Morgan fingerprint density at radius 1 is 0.960 bits per heavy atom. The first-order valence-electron chi connectivity index (χ1n) is 8.02. The van der Waals surface area contributed by atoms with Gasteiger partial charge in [-0.25, -0.2) is 8.42 Å². The smallest absolute Gasteiger partial charge is 0.250 e. The second-order valence-corrected chi connectivity index (χ2v) is 8.10. The lowest BCUT2D eigenvalue weighted by atomic mass is 10.1. The zero-order valence-corrected chi connectivity index (χ0v) is 16.0. The molecule has 0 saturated heterocycles. The maximum absolute atomic E-state index is 12.9. The Morgan fingerprint density at radius 3 is 2.08 bits per heavy atom. The van der Waals surface area contributed by atoms with E-state index in [9.17, 15) is 13.2 Å². The van der Waals surface area contributed by atoms with E-state index in [1.54, 1.807) is 26.1 Å². The van der Waals surface area contributed by atoms with Crippen LogP contribution in [-0.4, -0.2) is 33.7 Å². The zero-order valence-electron chi connectivity index (χ0n) is 15.2. The van der Waals surface area contributed by atoms with E-state index in [1.165, 1.54) is 9.21 Å². The van der Waals surface area contributed by atoms with Crippen molar-refractivity contribution in [3.8, 4) is 0 Å². The van der Waals surface area contributed by atoms with Gasteiger partial charge in [0.05, 0.1) is 11.9 Å². The standard InChI is InChI=1S/C19H24N2O3S/c1-14-11-12-18(13-15(14)2)21(25(5,23)24)16(3)19(22)20(4)17-9-7-6-8-10-17/h6-13,16H,1-5H3. The Morgan fingerprint density at radius 2 is 1.56 bits per heavy atom. The summed E-state index contributed by atoms with van der Waals surface area (Å²) in [6.45, 7) is 5.49. The summed E-state index contributed by atoms with van der Waals surface area (Å²) in [5.74, 6) is -0.296. The van der Waals surface area contributed by atoms with Gasteiger partial charge in [-0.15, -0.1) is 0 Å². The summed E-state index contributed by atoms with van der Waals surface area (Å²) in [7, 11) is -1.97. The van der Waals surface area contributed by atoms with E-state index in [0.29, 0.717) is 11.4 Å². The van der Waals surface area contributed by atoms with Gasteiger partial charge < -0.3 is 4.90 Å². The molecule has 0 fully saturated rings. The molecule has 6 heteroatoms. The molecule has 25 heavy (non-hydrogen) atoms. The van der Waals surface area contributed by atoms with E-state index in [1.807, 2.05) is 50.2 Å². The molecule has 5 nitrogen and oxygen atoms in total. The maximum atomic E-state index is 12.9. The molecule has 0 spiro atoms. The lowest BCUT2D eigenvalue weighted by molar-refractivity contribution is -0.119. The minimum absolute atomic E-state index is 0.296. The first kappa shape index (κ1) is 19.0. The fourth-order valence-corrected chi connectivity index (χ4v) is 3.89. The quantitative estimate of drug-likeness (QED) is 0.823. The lowest BCUT2D eigenvalue weighted by Crippen LogP contribution is -2.48. The highest BCUT2D eigenvalue weighted by atomic mass is 32.2. The fraction of sp³-hybridized carbons (Fsp3) is 0.316. The summed E-state index contributed by atoms with van der Waals surface area (Å²) < 4.78 is 26.0. The molecule has 2 aromatic rings. The number of aryl methyl sites for hydroxylation is 2. The molecule has 1 atom stereocenters. The summed E-state index contributed by atoms with van der Waals surface area (Å²) in [5.41, 5.74) is 3.25. The third-order valence-electron chi connectivity index (χ3n) is 4.29. The molecule has 0 aliphatic carbocycles. The summed E-state index contributed by atoms with van der Waals surface area (Å²) >= 11 is 0. The topological polar surface area (TPSA) is 57.7 Å². The first-order valence-corrected chi connectivity index (χ1v) is 9.87. The van der Waals surface area contributed by atoms with Crippen molar-refractivity contribution in [2.75, 3.05) is 22.5 Å². The third-order valence-corrected chi connectivity index (χ3v) is 5.53. The maximum Gasteiger partial charge on any atom is 0.250 e. The number of carbonyl (C=O) groups excluding carboxylic acids is 1. The van der Waals surface area contributed by atoms with E-state index in [4.69, 9.17) is 0 Å². The molecule has 1 amide bonds. The molecule has 2 aromatic carbocycles. The van der Waals surface area contributed by atoms with Gasteiger partial charge in [-0.2, -0.15) is 0 Å². The molecular formula is C19H24N2O3S. The average molecular weight is 360 g/mol. The Balaban J connectivity index is 2.41. The molecular weight excluding hydrogens is 336 g/mol. The van der Waals surface area contributed by atoms with Crippen molar-refractivity contribution in [2.45, 2.75) is 26.8 Å². The second-order valence-electron chi connectivity index (χ2n) is 6.24. The van der Waals surface area contributed by atoms with Crippen LogP contribution in [0.15, 0.2) is 48.5 Å². The summed E-state index contributed by atoms with van der Waals surface area (Å²) in [5, 5.41) is 0. The predicted molar refractivity (Wildman–Crippen MR) is 103 cm³/mol. The van der Waals surface area contributed by atoms with Gasteiger partial charge >= 0.3 is 0 Å². The molecule has 0 N–H and O–H groups in total. The van der Waals surface area contributed by atoms with Crippen LogP contribution in [0.2, 0.25) is 0 Å². The lowest BCUT2D eigenvalue weighted by Gasteiger charge is -2.31. The van der Waals surface area contributed by atoms with Crippen molar-refractivity contribution in [2.24, 2.45) is 0 Å². The molecule has 0 bridgehead atoms. The van der Waals surface area contributed by atoms with Crippen LogP contribution in [0.1, 0.15) is 18.1 Å². The Hall–Kier alpha value is -2.34. The number of carbonyl (C=O) groups is 1. The van der Waals surface area contributed by atoms with Crippen LogP contribution in [-0.2, 0) is 14.8 Å². The molecule has 2 rings (SSSR count). The van der Waals surface area contributed by atoms with Gasteiger partial charge in [0.15, 0.2) is 0 Å². The van der Waals surface area contributed by atoms with E-state index in [2.05, 4.69) is 0 Å². The van der Waals surface area contributed by atoms with Gasteiger partial charge in [0.25, 0.3) is 0 Å². The highest BCUT2D eigenvalue weighted by molar-refractivity contribution is 7.92. The van der Waals surface area contributed by atoms with E-state index in [-0.39, 0.29) is 5.91 Å². The van der Waals surface area contributed by atoms with Crippen LogP contribution in [0.25, 0.3) is 0 Å². The number of benzene rings is 2. The van der Waals surface area contributed by atoms with Gasteiger partial charge in [-0.1, -0.05) is 24.3 Å². The molecule has 0 aliphatic rings. The van der Waals surface area contributed by atoms with Gasteiger partial charge in [-0.3, -0.25) is 9.10 Å². The van der Waals surface area contributed by atoms with Gasteiger partial charge in [0, 0.05) is 12.7 Å². The molecule has 0 saturated carbocycles. The van der Waals surface area contributed by atoms with Crippen LogP contribution < -0.4 is 9.21 Å². The molecule has 0 heterocycles. The molecule has 0 aromatic heterocycles. The summed E-state index contributed by atoms with van der Waals surface area (Å²) in [6, 6.07) is 13.7. The molecule has 0 radical (unpaired) electrons. The first-order chi connectivity index (χ1) is 11.6. The Labute approximate surface area is 149 Å². The summed E-state index contributed by atoms with van der Waals surface area (Å²) in [6.07, 6.45) is 1.12. The normalized spacial score (nSPS) is 12.5. The van der Waals surface area contributed by atoms with Crippen molar-refractivity contribution >= 4 is 27.3 Å². The van der Waals surface area contributed by atoms with Crippen LogP contribution in [0.3, 0.4) is 0 Å². The monoisotopic (exact) mass is 360 g/mol. The van der Waals surface area contributed by atoms with Crippen LogP contribution >= 0.6 is 0 Å². The van der Waals surface area contributed by atoms with Crippen LogP contribution in [0.4, 0.5) is 11.4 Å². The highest BCUT2D eigenvalue weighted by Gasteiger charge is 2.31. The molecule has 0 aliphatic heterocycles. The predicted octanol–water partition coefficient (Wildman–Crippen LogP) is 3.12. The van der Waals surface area contributed by atoms with E-state index < -0.39 is 16.1 Å². The molecule has 1 unspecified atom stereocenters. The van der Waals surface area contributed by atoms with Crippen molar-refractivity contribution in [1.82, 2.24) is 0 Å². The summed E-state index contributed by atoms with van der Waals surface area (Å²) in [4.78, 5) is 14.4. The van der Waals surface area contributed by atoms with Crippen molar-refractivity contribution in [3.05, 3.63) is 59.7 Å².